The van der Waals surface area contributed by atoms with E-state index in [9.17, 15) is 22.8 Å². The van der Waals surface area contributed by atoms with Crippen molar-refractivity contribution in [2.24, 2.45) is 0 Å². The van der Waals surface area contributed by atoms with Gasteiger partial charge in [0, 0.05) is 22.0 Å². The first-order valence-corrected chi connectivity index (χ1v) is 9.81. The molecule has 32 heavy (non-hydrogen) atoms. The fraction of sp³-hybridized carbons (Fsp3) is 0.130. The van der Waals surface area contributed by atoms with E-state index in [1.54, 1.807) is 43.3 Å². The van der Waals surface area contributed by atoms with Gasteiger partial charge in [0.05, 0.1) is 5.56 Å². The number of halogens is 4. The van der Waals surface area contributed by atoms with Crippen LogP contribution in [0.15, 0.2) is 72.8 Å². The molecule has 0 aliphatic carbocycles. The number of benzene rings is 3. The topological polar surface area (TPSA) is 67.4 Å². The molecular weight excluding hydrogens is 445 g/mol. The highest BCUT2D eigenvalue weighted by atomic mass is 35.5. The Bertz CT molecular complexity index is 1120. The van der Waals surface area contributed by atoms with Crippen LogP contribution in [0, 0.1) is 0 Å². The molecule has 0 saturated heterocycles. The van der Waals surface area contributed by atoms with Crippen LogP contribution < -0.4 is 15.4 Å². The highest BCUT2D eigenvalue weighted by Gasteiger charge is 2.30. The van der Waals surface area contributed by atoms with Crippen LogP contribution in [-0.2, 0) is 11.0 Å². The normalized spacial score (nSPS) is 12.0. The van der Waals surface area contributed by atoms with Crippen LogP contribution in [0.2, 0.25) is 5.02 Å². The van der Waals surface area contributed by atoms with E-state index in [2.05, 4.69) is 10.6 Å². The maximum absolute atomic E-state index is 12.9. The third-order valence-electron chi connectivity index (χ3n) is 4.34. The van der Waals surface area contributed by atoms with E-state index in [0.717, 1.165) is 12.1 Å². The lowest BCUT2D eigenvalue weighted by molar-refractivity contribution is -0.137. The van der Waals surface area contributed by atoms with E-state index in [4.69, 9.17) is 16.3 Å². The van der Waals surface area contributed by atoms with Crippen LogP contribution in [0.1, 0.15) is 22.8 Å². The molecule has 3 aromatic rings. The summed E-state index contributed by atoms with van der Waals surface area (Å²) < 4.78 is 44.1. The van der Waals surface area contributed by atoms with Crippen LogP contribution in [0.3, 0.4) is 0 Å². The Morgan fingerprint density at radius 1 is 0.906 bits per heavy atom. The van der Waals surface area contributed by atoms with Crippen molar-refractivity contribution < 1.29 is 27.5 Å². The lowest BCUT2D eigenvalue weighted by Crippen LogP contribution is -2.30. The Kier molecular flexibility index (Phi) is 7.05. The maximum Gasteiger partial charge on any atom is 0.416 e. The third kappa shape index (κ3) is 6.24. The van der Waals surface area contributed by atoms with Gasteiger partial charge < -0.3 is 15.4 Å². The zero-order valence-electron chi connectivity index (χ0n) is 16.7. The monoisotopic (exact) mass is 462 g/mol. The van der Waals surface area contributed by atoms with Crippen LogP contribution >= 0.6 is 11.6 Å². The molecule has 0 heterocycles. The molecule has 0 saturated carbocycles. The molecule has 0 bridgehead atoms. The number of carbonyl (C=O) groups is 2. The van der Waals surface area contributed by atoms with Crippen molar-refractivity contribution >= 4 is 34.8 Å². The molecule has 0 aliphatic rings. The Labute approximate surface area is 187 Å². The number of anilines is 2. The summed E-state index contributed by atoms with van der Waals surface area (Å²) in [6, 6.07) is 16.9. The molecule has 9 heteroatoms. The molecule has 0 aliphatic heterocycles. The second kappa shape index (κ2) is 9.74. The van der Waals surface area contributed by atoms with E-state index in [1.165, 1.54) is 24.3 Å². The van der Waals surface area contributed by atoms with E-state index in [-0.39, 0.29) is 11.3 Å². The standard InChI is InChI=1S/C23H18ClF3N2O3/c1-14(32-20-10-8-17(24)9-11-20)21(30)28-18-6-2-4-15(12-18)22(31)29-19-7-3-5-16(13-19)23(25,26)27/h2-14H,1H3,(H,28,30)(H,29,31). The quantitative estimate of drug-likeness (QED) is 0.471. The zero-order valence-corrected chi connectivity index (χ0v) is 17.5. The van der Waals surface area contributed by atoms with Gasteiger partial charge in [-0.2, -0.15) is 13.2 Å². The average Bonchev–Trinajstić information content (AvgIpc) is 2.75. The SMILES string of the molecule is CC(Oc1ccc(Cl)cc1)C(=O)Nc1cccc(C(=O)Nc2cccc(C(F)(F)F)c2)c1. The maximum atomic E-state index is 12.9. The van der Waals surface area contributed by atoms with Gasteiger partial charge in [0.25, 0.3) is 11.8 Å². The minimum atomic E-state index is -4.52. The minimum absolute atomic E-state index is 0.00394. The number of rotatable bonds is 6. The summed E-state index contributed by atoms with van der Waals surface area (Å²) in [6.07, 6.45) is -5.35. The first-order chi connectivity index (χ1) is 15.1. The summed E-state index contributed by atoms with van der Waals surface area (Å²) in [7, 11) is 0. The van der Waals surface area contributed by atoms with E-state index in [0.29, 0.717) is 16.5 Å². The number of hydrogen-bond acceptors (Lipinski definition) is 3. The molecule has 5 nitrogen and oxygen atoms in total. The lowest BCUT2D eigenvalue weighted by Gasteiger charge is -2.15. The lowest BCUT2D eigenvalue weighted by atomic mass is 10.1. The summed E-state index contributed by atoms with van der Waals surface area (Å²) >= 11 is 5.82. The minimum Gasteiger partial charge on any atom is -0.481 e. The molecule has 2 N–H and O–H groups in total. The van der Waals surface area contributed by atoms with Gasteiger partial charge in [-0.25, -0.2) is 0 Å². The fourth-order valence-electron chi connectivity index (χ4n) is 2.73. The van der Waals surface area contributed by atoms with E-state index in [1.807, 2.05) is 0 Å². The molecule has 3 rings (SSSR count). The molecule has 1 atom stereocenters. The van der Waals surface area contributed by atoms with Crippen LogP contribution in [0.5, 0.6) is 5.75 Å². The van der Waals surface area contributed by atoms with Gasteiger partial charge in [-0.15, -0.1) is 0 Å². The Morgan fingerprint density at radius 3 is 2.19 bits per heavy atom. The molecule has 1 unspecified atom stereocenters. The molecule has 0 radical (unpaired) electrons. The van der Waals surface area contributed by atoms with Gasteiger partial charge in [0.15, 0.2) is 6.10 Å². The molecule has 3 aromatic carbocycles. The highest BCUT2D eigenvalue weighted by molar-refractivity contribution is 6.30. The van der Waals surface area contributed by atoms with Gasteiger partial charge in [-0.1, -0.05) is 23.7 Å². The molecular formula is C23H18ClF3N2O3. The Hall–Kier alpha value is -3.52. The largest absolute Gasteiger partial charge is 0.481 e. The Morgan fingerprint density at radius 2 is 1.53 bits per heavy atom. The molecule has 2 amide bonds. The summed E-state index contributed by atoms with van der Waals surface area (Å²) in [6.45, 7) is 1.56. The predicted octanol–water partition coefficient (Wildman–Crippen LogP) is 6.02. The van der Waals surface area contributed by atoms with Crippen LogP contribution in [0.25, 0.3) is 0 Å². The van der Waals surface area contributed by atoms with Crippen molar-refractivity contribution in [2.45, 2.75) is 19.2 Å². The van der Waals surface area contributed by atoms with E-state index >= 15 is 0 Å². The Balaban J connectivity index is 1.65. The average molecular weight is 463 g/mol. The molecule has 0 fully saturated rings. The van der Waals surface area contributed by atoms with Crippen molar-refractivity contribution in [1.82, 2.24) is 0 Å². The second-order valence-electron chi connectivity index (χ2n) is 6.82. The number of alkyl halides is 3. The predicted molar refractivity (Wildman–Crippen MR) is 116 cm³/mol. The summed E-state index contributed by atoms with van der Waals surface area (Å²) in [5.41, 5.74) is -0.375. The number of ether oxygens (including phenoxy) is 1. The number of amides is 2. The van der Waals surface area contributed by atoms with Crippen molar-refractivity contribution in [3.8, 4) is 5.75 Å². The number of nitrogens with one attached hydrogen (secondary N) is 2. The first kappa shape index (κ1) is 23.1. The van der Waals surface area contributed by atoms with Crippen LogP contribution in [-0.4, -0.2) is 17.9 Å². The zero-order chi connectivity index (χ0) is 23.3. The van der Waals surface area contributed by atoms with Crippen molar-refractivity contribution in [1.29, 1.82) is 0 Å². The summed E-state index contributed by atoms with van der Waals surface area (Å²) in [5.74, 6) is -0.604. The van der Waals surface area contributed by atoms with E-state index < -0.39 is 29.7 Å². The molecule has 166 valence electrons. The van der Waals surface area contributed by atoms with Crippen molar-refractivity contribution in [2.75, 3.05) is 10.6 Å². The summed E-state index contributed by atoms with van der Waals surface area (Å²) in [4.78, 5) is 24.9. The van der Waals surface area contributed by atoms with Gasteiger partial charge in [0.1, 0.15) is 5.75 Å². The molecule has 0 aromatic heterocycles. The third-order valence-corrected chi connectivity index (χ3v) is 4.59. The van der Waals surface area contributed by atoms with Gasteiger partial charge in [-0.05, 0) is 67.6 Å². The van der Waals surface area contributed by atoms with Crippen molar-refractivity contribution in [3.63, 3.8) is 0 Å². The van der Waals surface area contributed by atoms with Gasteiger partial charge in [0.2, 0.25) is 0 Å². The van der Waals surface area contributed by atoms with Crippen LogP contribution in [0.4, 0.5) is 24.5 Å². The van der Waals surface area contributed by atoms with Gasteiger partial charge in [-0.3, -0.25) is 9.59 Å². The first-order valence-electron chi connectivity index (χ1n) is 9.43. The van der Waals surface area contributed by atoms with Gasteiger partial charge >= 0.3 is 6.18 Å². The van der Waals surface area contributed by atoms with Crippen molar-refractivity contribution in [3.05, 3.63) is 88.9 Å². The highest BCUT2D eigenvalue weighted by Crippen LogP contribution is 2.30. The fourth-order valence-corrected chi connectivity index (χ4v) is 2.86. The number of carbonyl (C=O) groups excluding carboxylic acids is 2. The number of hydrogen-bond donors (Lipinski definition) is 2. The second-order valence-corrected chi connectivity index (χ2v) is 7.25. The molecule has 0 spiro atoms. The summed E-state index contributed by atoms with van der Waals surface area (Å²) in [5, 5.41) is 5.60. The smallest absolute Gasteiger partial charge is 0.416 e.